The minimum Gasteiger partial charge on any atom is -0.370 e. The Kier molecular flexibility index (Phi) is 2.44. The normalized spacial score (nSPS) is 34.8. The lowest BCUT2D eigenvalue weighted by molar-refractivity contribution is 0.0177. The molecule has 0 N–H and O–H groups in total. The highest BCUT2D eigenvalue weighted by molar-refractivity contribution is 5.65. The van der Waals surface area contributed by atoms with E-state index in [9.17, 15) is 0 Å². The Bertz CT molecular complexity index is 514. The summed E-state index contributed by atoms with van der Waals surface area (Å²) in [6.45, 7) is 12.3. The number of fused-ring (bicyclic) bond motifs is 3. The molecule has 1 heteroatoms. The summed E-state index contributed by atoms with van der Waals surface area (Å²) < 4.78 is 0. The summed E-state index contributed by atoms with van der Waals surface area (Å²) in [7, 11) is 2.28. The molecule has 1 aliphatic heterocycles. The van der Waals surface area contributed by atoms with Gasteiger partial charge < -0.3 is 4.90 Å². The summed E-state index contributed by atoms with van der Waals surface area (Å²) in [5, 5.41) is 0. The van der Waals surface area contributed by atoms with Gasteiger partial charge >= 0.3 is 0 Å². The number of hydrogen-bond acceptors (Lipinski definition) is 1. The molecule has 1 aromatic carbocycles. The van der Waals surface area contributed by atoms with Crippen molar-refractivity contribution in [3.8, 4) is 0 Å². The van der Waals surface area contributed by atoms with Gasteiger partial charge in [-0.2, -0.15) is 0 Å². The summed E-state index contributed by atoms with van der Waals surface area (Å²) in [5.74, 6) is 0. The number of hydrogen-bond donors (Lipinski definition) is 0. The van der Waals surface area contributed by atoms with Crippen molar-refractivity contribution in [3.05, 3.63) is 29.8 Å². The van der Waals surface area contributed by atoms with Crippen molar-refractivity contribution >= 4 is 5.69 Å². The molecule has 0 spiro atoms. The highest BCUT2D eigenvalue weighted by Crippen LogP contribution is 2.63. The first-order chi connectivity index (χ1) is 8.69. The van der Waals surface area contributed by atoms with Gasteiger partial charge in [0, 0.05) is 24.2 Å². The fraction of sp³-hybridized carbons (Fsp3) is 0.667. The lowest BCUT2D eigenvalue weighted by Crippen LogP contribution is -2.57. The van der Waals surface area contributed by atoms with Gasteiger partial charge in [-0.15, -0.1) is 0 Å². The van der Waals surface area contributed by atoms with Crippen molar-refractivity contribution in [1.29, 1.82) is 0 Å². The van der Waals surface area contributed by atoms with E-state index in [4.69, 9.17) is 0 Å². The van der Waals surface area contributed by atoms with Gasteiger partial charge in [-0.3, -0.25) is 0 Å². The van der Waals surface area contributed by atoms with Crippen LogP contribution < -0.4 is 4.90 Å². The van der Waals surface area contributed by atoms with E-state index in [2.05, 4.69) is 70.8 Å². The number of rotatable bonds is 0. The van der Waals surface area contributed by atoms with E-state index in [1.54, 1.807) is 5.56 Å². The molecule has 1 aliphatic carbocycles. The quantitative estimate of drug-likeness (QED) is 0.656. The van der Waals surface area contributed by atoms with Gasteiger partial charge in [0.05, 0.1) is 0 Å². The molecular formula is C18H27N. The predicted octanol–water partition coefficient (Wildman–Crippen LogP) is 4.61. The number of likely N-dealkylation sites (N-methyl/N-ethyl adjacent to an activating group) is 1. The molecule has 1 fully saturated rings. The Morgan fingerprint density at radius 2 is 1.68 bits per heavy atom. The molecule has 0 bridgehead atoms. The first kappa shape index (κ1) is 13.0. The van der Waals surface area contributed by atoms with Crippen LogP contribution in [0.1, 0.15) is 53.0 Å². The Labute approximate surface area is 118 Å². The van der Waals surface area contributed by atoms with E-state index in [-0.39, 0.29) is 5.41 Å². The van der Waals surface area contributed by atoms with Gasteiger partial charge in [-0.1, -0.05) is 52.8 Å². The van der Waals surface area contributed by atoms with E-state index in [1.807, 2.05) is 0 Å². The van der Waals surface area contributed by atoms with Gasteiger partial charge in [-0.05, 0) is 35.3 Å². The van der Waals surface area contributed by atoms with Gasteiger partial charge in [0.15, 0.2) is 0 Å². The Morgan fingerprint density at radius 3 is 2.37 bits per heavy atom. The van der Waals surface area contributed by atoms with E-state index in [1.165, 1.54) is 18.5 Å². The van der Waals surface area contributed by atoms with Gasteiger partial charge in [0.1, 0.15) is 0 Å². The molecule has 3 rings (SSSR count). The summed E-state index contributed by atoms with van der Waals surface area (Å²) in [4.78, 5) is 2.54. The monoisotopic (exact) mass is 257 g/mol. The molecule has 1 aromatic rings. The maximum Gasteiger partial charge on any atom is 0.0405 e. The van der Waals surface area contributed by atoms with Gasteiger partial charge in [0.2, 0.25) is 0 Å². The van der Waals surface area contributed by atoms with Crippen molar-refractivity contribution in [2.75, 3.05) is 11.9 Å². The summed E-state index contributed by atoms with van der Waals surface area (Å²) in [6.07, 6.45) is 2.59. The van der Waals surface area contributed by atoms with Crippen molar-refractivity contribution in [2.24, 2.45) is 10.8 Å². The Hall–Kier alpha value is -0.980. The number of para-hydroxylation sites is 1. The lowest BCUT2D eigenvalue weighted by atomic mass is 9.49. The molecular weight excluding hydrogens is 230 g/mol. The minimum atomic E-state index is 0.272. The molecule has 2 atom stereocenters. The predicted molar refractivity (Wildman–Crippen MR) is 82.8 cm³/mol. The smallest absolute Gasteiger partial charge is 0.0405 e. The third-order valence-electron chi connectivity index (χ3n) is 6.05. The van der Waals surface area contributed by atoms with Crippen LogP contribution >= 0.6 is 0 Å². The zero-order chi connectivity index (χ0) is 14.1. The van der Waals surface area contributed by atoms with Crippen LogP contribution in [-0.2, 0) is 5.41 Å². The van der Waals surface area contributed by atoms with Crippen LogP contribution in [0.5, 0.6) is 0 Å². The Balaban J connectivity index is 2.21. The number of anilines is 1. The van der Waals surface area contributed by atoms with Crippen LogP contribution in [0.15, 0.2) is 24.3 Å². The summed E-state index contributed by atoms with van der Waals surface area (Å²) in [6, 6.07) is 9.65. The van der Waals surface area contributed by atoms with Crippen LogP contribution in [0.3, 0.4) is 0 Å². The van der Waals surface area contributed by atoms with Crippen molar-refractivity contribution in [1.82, 2.24) is 0 Å². The second kappa shape index (κ2) is 3.56. The highest BCUT2D eigenvalue weighted by atomic mass is 15.2. The molecule has 19 heavy (non-hydrogen) atoms. The van der Waals surface area contributed by atoms with Crippen LogP contribution in [0.4, 0.5) is 5.69 Å². The van der Waals surface area contributed by atoms with E-state index in [0.29, 0.717) is 16.9 Å². The molecule has 1 nitrogen and oxygen atoms in total. The maximum absolute atomic E-state index is 2.54. The topological polar surface area (TPSA) is 3.24 Å². The SMILES string of the molecule is CN1c2ccccc2C2(C)C1CC(C)(C)CC2(C)C. The van der Waals surface area contributed by atoms with Gasteiger partial charge in [0.25, 0.3) is 0 Å². The Morgan fingerprint density at radius 1 is 1.05 bits per heavy atom. The van der Waals surface area contributed by atoms with E-state index in [0.717, 1.165) is 0 Å². The average molecular weight is 257 g/mol. The molecule has 0 radical (unpaired) electrons. The summed E-state index contributed by atoms with van der Waals surface area (Å²) >= 11 is 0. The second-order valence-electron chi connectivity index (χ2n) is 8.28. The van der Waals surface area contributed by atoms with Crippen LogP contribution in [-0.4, -0.2) is 13.1 Å². The number of benzene rings is 1. The van der Waals surface area contributed by atoms with Gasteiger partial charge in [-0.25, -0.2) is 0 Å². The zero-order valence-corrected chi connectivity index (χ0v) is 13.2. The van der Waals surface area contributed by atoms with Crippen molar-refractivity contribution in [3.63, 3.8) is 0 Å². The second-order valence-corrected chi connectivity index (χ2v) is 8.28. The molecule has 1 heterocycles. The largest absolute Gasteiger partial charge is 0.370 e. The third kappa shape index (κ3) is 1.53. The van der Waals surface area contributed by atoms with Crippen molar-refractivity contribution in [2.45, 2.75) is 58.9 Å². The van der Waals surface area contributed by atoms with E-state index < -0.39 is 0 Å². The molecule has 1 saturated carbocycles. The number of nitrogens with zero attached hydrogens (tertiary/aromatic N) is 1. The average Bonchev–Trinajstić information content (AvgIpc) is 2.51. The van der Waals surface area contributed by atoms with E-state index >= 15 is 0 Å². The zero-order valence-electron chi connectivity index (χ0n) is 13.2. The maximum atomic E-state index is 2.54. The van der Waals surface area contributed by atoms with Crippen LogP contribution in [0.2, 0.25) is 0 Å². The fourth-order valence-corrected chi connectivity index (χ4v) is 5.09. The molecule has 0 saturated heterocycles. The summed E-state index contributed by atoms with van der Waals surface area (Å²) in [5.41, 5.74) is 4.04. The fourth-order valence-electron chi connectivity index (χ4n) is 5.09. The minimum absolute atomic E-state index is 0.272. The van der Waals surface area contributed by atoms with Crippen LogP contribution in [0, 0.1) is 10.8 Å². The molecule has 2 unspecified atom stereocenters. The molecule has 0 amide bonds. The first-order valence-corrected chi connectivity index (χ1v) is 7.51. The third-order valence-corrected chi connectivity index (χ3v) is 6.05. The molecule has 2 aliphatic rings. The molecule has 104 valence electrons. The van der Waals surface area contributed by atoms with Crippen LogP contribution in [0.25, 0.3) is 0 Å². The standard InChI is InChI=1S/C18H27N/c1-16(2)11-15-18(5,17(3,4)12-16)13-9-7-8-10-14(13)19(15)6/h7-10,15H,11-12H2,1-6H3. The molecule has 0 aromatic heterocycles. The first-order valence-electron chi connectivity index (χ1n) is 7.51. The van der Waals surface area contributed by atoms with Crippen molar-refractivity contribution < 1.29 is 0 Å². The lowest BCUT2D eigenvalue weighted by Gasteiger charge is -2.56. The highest BCUT2D eigenvalue weighted by Gasteiger charge is 2.59.